The van der Waals surface area contributed by atoms with E-state index in [1.807, 2.05) is 17.7 Å². The number of nitrogens with zero attached hydrogens (tertiary/aromatic N) is 3. The van der Waals surface area contributed by atoms with E-state index in [2.05, 4.69) is 28.4 Å². The lowest BCUT2D eigenvalue weighted by atomic mass is 10.3. The largest absolute Gasteiger partial charge is 0.384 e. The van der Waals surface area contributed by atoms with Gasteiger partial charge in [-0.2, -0.15) is 5.10 Å². The van der Waals surface area contributed by atoms with Crippen LogP contribution < -0.4 is 5.32 Å². The van der Waals surface area contributed by atoms with E-state index in [0.29, 0.717) is 5.02 Å². The number of anilines is 1. The zero-order valence-corrected chi connectivity index (χ0v) is 11.4. The van der Waals surface area contributed by atoms with Gasteiger partial charge in [0.15, 0.2) is 0 Å². The summed E-state index contributed by atoms with van der Waals surface area (Å²) in [6, 6.07) is 3.97. The van der Waals surface area contributed by atoms with Crippen molar-refractivity contribution >= 4 is 17.3 Å². The van der Waals surface area contributed by atoms with Gasteiger partial charge >= 0.3 is 0 Å². The van der Waals surface area contributed by atoms with E-state index in [0.717, 1.165) is 30.9 Å². The lowest BCUT2D eigenvalue weighted by Crippen LogP contribution is -2.09. The van der Waals surface area contributed by atoms with Crippen LogP contribution in [0.2, 0.25) is 5.02 Å². The van der Waals surface area contributed by atoms with Crippen molar-refractivity contribution in [3.8, 4) is 0 Å². The van der Waals surface area contributed by atoms with Gasteiger partial charge in [-0.1, -0.05) is 11.6 Å². The van der Waals surface area contributed by atoms with Crippen LogP contribution in [0.1, 0.15) is 17.8 Å². The first-order chi connectivity index (χ1) is 8.66. The molecule has 2 rings (SSSR count). The van der Waals surface area contributed by atoms with Crippen molar-refractivity contribution < 1.29 is 0 Å². The Labute approximate surface area is 112 Å². The maximum Gasteiger partial charge on any atom is 0.0820 e. The first kappa shape index (κ1) is 12.9. The number of halogens is 1. The smallest absolute Gasteiger partial charge is 0.0820 e. The molecule has 4 nitrogen and oxygen atoms in total. The van der Waals surface area contributed by atoms with Crippen molar-refractivity contribution in [1.29, 1.82) is 0 Å². The molecule has 0 aliphatic heterocycles. The minimum Gasteiger partial charge on any atom is -0.384 e. The molecule has 2 aromatic heterocycles. The van der Waals surface area contributed by atoms with E-state index in [1.165, 1.54) is 5.69 Å². The number of nitrogens with one attached hydrogen (secondary N) is 1. The third-order valence-electron chi connectivity index (χ3n) is 2.74. The monoisotopic (exact) mass is 264 g/mol. The third-order valence-corrected chi connectivity index (χ3v) is 3.04. The molecule has 0 saturated carbocycles. The second-order valence-corrected chi connectivity index (χ2v) is 4.69. The maximum absolute atomic E-state index is 6.01. The predicted molar refractivity (Wildman–Crippen MR) is 74.1 cm³/mol. The minimum atomic E-state index is 0.656. The first-order valence-electron chi connectivity index (χ1n) is 6.01. The maximum atomic E-state index is 6.01. The van der Waals surface area contributed by atoms with Gasteiger partial charge in [0.1, 0.15) is 0 Å². The fourth-order valence-corrected chi connectivity index (χ4v) is 2.06. The molecule has 1 N–H and O–H groups in total. The zero-order valence-electron chi connectivity index (χ0n) is 10.7. The molecule has 0 spiro atoms. The summed E-state index contributed by atoms with van der Waals surface area (Å²) in [7, 11) is 0. The highest BCUT2D eigenvalue weighted by molar-refractivity contribution is 6.33. The van der Waals surface area contributed by atoms with Gasteiger partial charge < -0.3 is 5.32 Å². The Bertz CT molecular complexity index is 521. The quantitative estimate of drug-likeness (QED) is 0.844. The van der Waals surface area contributed by atoms with Crippen LogP contribution in [0.3, 0.4) is 0 Å². The summed E-state index contributed by atoms with van der Waals surface area (Å²) < 4.78 is 2.03. The molecule has 0 aromatic carbocycles. The number of hydrogen-bond donors (Lipinski definition) is 1. The molecule has 18 heavy (non-hydrogen) atoms. The van der Waals surface area contributed by atoms with Crippen molar-refractivity contribution in [2.24, 2.45) is 0 Å². The average Bonchev–Trinajstić information content (AvgIpc) is 2.65. The van der Waals surface area contributed by atoms with Crippen molar-refractivity contribution in [3.05, 3.63) is 40.9 Å². The van der Waals surface area contributed by atoms with E-state index in [-0.39, 0.29) is 0 Å². The van der Waals surface area contributed by atoms with Gasteiger partial charge in [0.2, 0.25) is 0 Å². The average molecular weight is 265 g/mol. The van der Waals surface area contributed by atoms with E-state index in [1.54, 1.807) is 12.4 Å². The van der Waals surface area contributed by atoms with Gasteiger partial charge in [-0.3, -0.25) is 9.67 Å². The molecule has 0 saturated heterocycles. The topological polar surface area (TPSA) is 42.7 Å². The highest BCUT2D eigenvalue weighted by Crippen LogP contribution is 2.18. The van der Waals surface area contributed by atoms with Gasteiger partial charge in [0.25, 0.3) is 0 Å². The van der Waals surface area contributed by atoms with Gasteiger partial charge in [-0.15, -0.1) is 0 Å². The van der Waals surface area contributed by atoms with Gasteiger partial charge in [0.05, 0.1) is 16.4 Å². The van der Waals surface area contributed by atoms with Crippen molar-refractivity contribution in [3.63, 3.8) is 0 Å². The molecule has 5 heteroatoms. The van der Waals surface area contributed by atoms with Crippen LogP contribution in [0.25, 0.3) is 0 Å². The molecule has 0 unspecified atom stereocenters. The summed E-state index contributed by atoms with van der Waals surface area (Å²) in [6.45, 7) is 5.86. The highest BCUT2D eigenvalue weighted by Gasteiger charge is 2.01. The fourth-order valence-electron chi connectivity index (χ4n) is 1.87. The number of rotatable bonds is 5. The van der Waals surface area contributed by atoms with E-state index < -0.39 is 0 Å². The van der Waals surface area contributed by atoms with Gasteiger partial charge in [0, 0.05) is 31.2 Å². The SMILES string of the molecule is Cc1cc(C)n(CCCNc2ccncc2Cl)n1. The summed E-state index contributed by atoms with van der Waals surface area (Å²) in [5.74, 6) is 0. The lowest BCUT2D eigenvalue weighted by Gasteiger charge is -2.08. The molecule has 0 radical (unpaired) electrons. The first-order valence-corrected chi connectivity index (χ1v) is 6.39. The van der Waals surface area contributed by atoms with Gasteiger partial charge in [-0.05, 0) is 32.4 Å². The van der Waals surface area contributed by atoms with E-state index in [4.69, 9.17) is 11.6 Å². The lowest BCUT2D eigenvalue weighted by molar-refractivity contribution is 0.574. The number of aryl methyl sites for hydroxylation is 3. The van der Waals surface area contributed by atoms with Crippen molar-refractivity contribution in [2.75, 3.05) is 11.9 Å². The van der Waals surface area contributed by atoms with Crippen LogP contribution in [-0.2, 0) is 6.54 Å². The Morgan fingerprint density at radius 1 is 1.39 bits per heavy atom. The van der Waals surface area contributed by atoms with Crippen LogP contribution in [0.5, 0.6) is 0 Å². The molecule has 2 heterocycles. The number of hydrogen-bond acceptors (Lipinski definition) is 3. The Morgan fingerprint density at radius 2 is 2.22 bits per heavy atom. The molecule has 0 aliphatic carbocycles. The Hall–Kier alpha value is -1.55. The molecule has 0 bridgehead atoms. The molecule has 0 atom stereocenters. The standard InChI is InChI=1S/C13H17ClN4/c1-10-8-11(2)18(17-10)7-3-5-16-13-4-6-15-9-12(13)14/h4,6,8-9H,3,5,7H2,1-2H3,(H,15,16). The van der Waals surface area contributed by atoms with Crippen molar-refractivity contribution in [2.45, 2.75) is 26.8 Å². The second kappa shape index (κ2) is 5.87. The van der Waals surface area contributed by atoms with E-state index in [9.17, 15) is 0 Å². The van der Waals surface area contributed by atoms with Crippen LogP contribution in [0.15, 0.2) is 24.5 Å². The molecular weight excluding hydrogens is 248 g/mol. The van der Waals surface area contributed by atoms with Crippen LogP contribution in [0, 0.1) is 13.8 Å². The number of pyridine rings is 1. The van der Waals surface area contributed by atoms with E-state index >= 15 is 0 Å². The van der Waals surface area contributed by atoms with Crippen LogP contribution >= 0.6 is 11.6 Å². The Morgan fingerprint density at radius 3 is 2.89 bits per heavy atom. The normalized spacial score (nSPS) is 10.6. The Balaban J connectivity index is 1.80. The zero-order chi connectivity index (χ0) is 13.0. The second-order valence-electron chi connectivity index (χ2n) is 4.29. The number of aromatic nitrogens is 3. The third kappa shape index (κ3) is 3.23. The fraction of sp³-hybridized carbons (Fsp3) is 0.385. The molecule has 0 aliphatic rings. The van der Waals surface area contributed by atoms with Crippen LogP contribution in [0.4, 0.5) is 5.69 Å². The predicted octanol–water partition coefficient (Wildman–Crippen LogP) is 3.05. The summed E-state index contributed by atoms with van der Waals surface area (Å²) in [5, 5.41) is 8.38. The Kier molecular flexibility index (Phi) is 4.20. The van der Waals surface area contributed by atoms with Crippen molar-refractivity contribution in [1.82, 2.24) is 14.8 Å². The highest BCUT2D eigenvalue weighted by atomic mass is 35.5. The molecule has 0 fully saturated rings. The summed E-state index contributed by atoms with van der Waals surface area (Å²) in [5.41, 5.74) is 3.20. The minimum absolute atomic E-state index is 0.656. The summed E-state index contributed by atoms with van der Waals surface area (Å²) in [6.07, 6.45) is 4.38. The summed E-state index contributed by atoms with van der Waals surface area (Å²) >= 11 is 6.01. The molecule has 96 valence electrons. The molecule has 2 aromatic rings. The van der Waals surface area contributed by atoms with Gasteiger partial charge in [-0.25, -0.2) is 0 Å². The summed E-state index contributed by atoms with van der Waals surface area (Å²) in [4.78, 5) is 3.95. The molecular formula is C13H17ClN4. The molecule has 0 amide bonds. The van der Waals surface area contributed by atoms with Crippen LogP contribution in [-0.4, -0.2) is 21.3 Å².